The molecule has 0 saturated carbocycles. The second kappa shape index (κ2) is 10.4. The van der Waals surface area contributed by atoms with Crippen molar-refractivity contribution in [3.8, 4) is 0 Å². The summed E-state index contributed by atoms with van der Waals surface area (Å²) in [6.07, 6.45) is 0. The number of rotatable bonds is 8. The minimum absolute atomic E-state index is 0.113. The molecule has 1 heterocycles. The van der Waals surface area contributed by atoms with E-state index in [4.69, 9.17) is 4.74 Å². The first kappa shape index (κ1) is 22.0. The highest BCUT2D eigenvalue weighted by atomic mass is 79.9. The fourth-order valence-electron chi connectivity index (χ4n) is 2.45. The van der Waals surface area contributed by atoms with Crippen molar-refractivity contribution in [1.29, 1.82) is 0 Å². The number of carbonyl (C=O) groups excluding carboxylic acids is 1. The number of amides is 1. The second-order valence-electron chi connectivity index (χ2n) is 6.40. The highest BCUT2D eigenvalue weighted by molar-refractivity contribution is 9.11. The Balaban J connectivity index is 1.48. The van der Waals surface area contributed by atoms with Crippen molar-refractivity contribution >= 4 is 55.2 Å². The van der Waals surface area contributed by atoms with Crippen molar-refractivity contribution in [3.63, 3.8) is 0 Å². The number of thioether (sulfide) groups is 1. The summed E-state index contributed by atoms with van der Waals surface area (Å²) >= 11 is 8.16. The Hall–Kier alpha value is -1.68. The van der Waals surface area contributed by atoms with Gasteiger partial charge in [0.25, 0.3) is 0 Å². The number of nitrogens with one attached hydrogen (secondary N) is 1. The molecule has 152 valence electrons. The van der Waals surface area contributed by atoms with Crippen LogP contribution in [-0.2, 0) is 29.8 Å². The lowest BCUT2D eigenvalue weighted by atomic mass is 10.2. The Labute approximate surface area is 190 Å². The van der Waals surface area contributed by atoms with E-state index in [0.29, 0.717) is 18.4 Å². The molecule has 1 N–H and O–H groups in total. The maximum absolute atomic E-state index is 12.2. The van der Waals surface area contributed by atoms with Gasteiger partial charge in [0.1, 0.15) is 6.61 Å². The number of benzene rings is 2. The fourth-order valence-corrected chi connectivity index (χ4v) is 4.32. The fraction of sp³-hybridized carbons (Fsp3) is 0.250. The number of hydrogen-bond acceptors (Lipinski definition) is 5. The number of halogens is 2. The first-order valence-electron chi connectivity index (χ1n) is 8.81. The van der Waals surface area contributed by atoms with Gasteiger partial charge >= 0.3 is 0 Å². The SMILES string of the molecule is Cc1ccc(COCc2nnc(SCC(=O)Nc3ccc(Br)cc3Br)n2C)cc1. The lowest BCUT2D eigenvalue weighted by Gasteiger charge is -2.08. The van der Waals surface area contributed by atoms with Gasteiger partial charge in [-0.2, -0.15) is 0 Å². The van der Waals surface area contributed by atoms with Crippen LogP contribution >= 0.6 is 43.6 Å². The van der Waals surface area contributed by atoms with E-state index in [2.05, 4.69) is 78.6 Å². The predicted octanol–water partition coefficient (Wildman–Crippen LogP) is 5.10. The number of aromatic nitrogens is 3. The van der Waals surface area contributed by atoms with Crippen molar-refractivity contribution in [3.05, 3.63) is 68.4 Å². The largest absolute Gasteiger partial charge is 0.369 e. The molecule has 0 atom stereocenters. The van der Waals surface area contributed by atoms with Crippen molar-refractivity contribution < 1.29 is 9.53 Å². The van der Waals surface area contributed by atoms with Crippen LogP contribution in [0.25, 0.3) is 0 Å². The number of carbonyl (C=O) groups is 1. The normalized spacial score (nSPS) is 10.9. The standard InChI is InChI=1S/C20H20Br2N4O2S/c1-13-3-5-14(6-4-13)10-28-11-18-24-25-20(26(18)2)29-12-19(27)23-17-8-7-15(21)9-16(17)22/h3-9H,10-12H2,1-2H3,(H,23,27). The summed E-state index contributed by atoms with van der Waals surface area (Å²) in [4.78, 5) is 12.2. The maximum Gasteiger partial charge on any atom is 0.234 e. The van der Waals surface area contributed by atoms with Crippen LogP contribution in [0.1, 0.15) is 17.0 Å². The topological polar surface area (TPSA) is 69.0 Å². The number of nitrogens with zero attached hydrogens (tertiary/aromatic N) is 3. The molecule has 29 heavy (non-hydrogen) atoms. The third-order valence-corrected chi connectivity index (χ3v) is 6.25. The van der Waals surface area contributed by atoms with Gasteiger partial charge in [0.05, 0.1) is 18.0 Å². The van der Waals surface area contributed by atoms with Gasteiger partial charge in [-0.25, -0.2) is 0 Å². The molecule has 9 heteroatoms. The number of ether oxygens (including phenoxy) is 1. The van der Waals surface area contributed by atoms with E-state index < -0.39 is 0 Å². The zero-order valence-corrected chi connectivity index (χ0v) is 20.0. The number of anilines is 1. The van der Waals surface area contributed by atoms with Crippen LogP contribution in [0.3, 0.4) is 0 Å². The van der Waals surface area contributed by atoms with Crippen LogP contribution in [0, 0.1) is 6.92 Å². The quantitative estimate of drug-likeness (QED) is 0.403. The molecule has 0 fully saturated rings. The molecule has 1 amide bonds. The Morgan fingerprint density at radius 3 is 2.62 bits per heavy atom. The van der Waals surface area contributed by atoms with Crippen molar-refractivity contribution in [2.75, 3.05) is 11.1 Å². The van der Waals surface area contributed by atoms with Gasteiger partial charge in [-0.15, -0.1) is 10.2 Å². The van der Waals surface area contributed by atoms with Crippen LogP contribution in [0.4, 0.5) is 5.69 Å². The monoisotopic (exact) mass is 538 g/mol. The van der Waals surface area contributed by atoms with E-state index in [1.54, 1.807) is 0 Å². The van der Waals surface area contributed by atoms with E-state index in [0.717, 1.165) is 26.0 Å². The summed E-state index contributed by atoms with van der Waals surface area (Å²) in [6, 6.07) is 13.8. The van der Waals surface area contributed by atoms with Crippen LogP contribution < -0.4 is 5.32 Å². The summed E-state index contributed by atoms with van der Waals surface area (Å²) in [5, 5.41) is 11.9. The highest BCUT2D eigenvalue weighted by Crippen LogP contribution is 2.26. The number of hydrogen-bond donors (Lipinski definition) is 1. The first-order chi connectivity index (χ1) is 13.9. The summed E-state index contributed by atoms with van der Waals surface area (Å²) < 4.78 is 9.35. The molecule has 0 aliphatic rings. The second-order valence-corrected chi connectivity index (χ2v) is 9.11. The average Bonchev–Trinajstić information content (AvgIpc) is 3.04. The molecule has 1 aromatic heterocycles. The Bertz CT molecular complexity index is 993. The van der Waals surface area contributed by atoms with Gasteiger partial charge in [-0.3, -0.25) is 4.79 Å². The molecule has 0 bridgehead atoms. The molecule has 0 aliphatic carbocycles. The van der Waals surface area contributed by atoms with E-state index >= 15 is 0 Å². The van der Waals surface area contributed by atoms with Crippen molar-refractivity contribution in [1.82, 2.24) is 14.8 Å². The Morgan fingerprint density at radius 2 is 1.90 bits per heavy atom. The predicted molar refractivity (Wildman–Crippen MR) is 122 cm³/mol. The minimum Gasteiger partial charge on any atom is -0.369 e. The molecule has 0 aliphatic heterocycles. The van der Waals surface area contributed by atoms with Crippen molar-refractivity contribution in [2.24, 2.45) is 7.05 Å². The molecular formula is C20H20Br2N4O2S. The summed E-state index contributed by atoms with van der Waals surface area (Å²) in [5.74, 6) is 0.840. The van der Waals surface area contributed by atoms with Crippen LogP contribution in [0.15, 0.2) is 56.6 Å². The van der Waals surface area contributed by atoms with Crippen LogP contribution in [-0.4, -0.2) is 26.4 Å². The Morgan fingerprint density at radius 1 is 1.14 bits per heavy atom. The van der Waals surface area contributed by atoms with Gasteiger partial charge in [-0.1, -0.05) is 57.5 Å². The van der Waals surface area contributed by atoms with E-state index in [1.807, 2.05) is 29.8 Å². The molecule has 6 nitrogen and oxygen atoms in total. The highest BCUT2D eigenvalue weighted by Gasteiger charge is 2.12. The zero-order chi connectivity index (χ0) is 20.8. The smallest absolute Gasteiger partial charge is 0.234 e. The van der Waals surface area contributed by atoms with Gasteiger partial charge < -0.3 is 14.6 Å². The molecule has 0 spiro atoms. The van der Waals surface area contributed by atoms with E-state index in [9.17, 15) is 4.79 Å². The van der Waals surface area contributed by atoms with Gasteiger partial charge in [0, 0.05) is 16.0 Å². The zero-order valence-electron chi connectivity index (χ0n) is 16.0. The van der Waals surface area contributed by atoms with Crippen LogP contribution in [0.2, 0.25) is 0 Å². The molecule has 0 radical (unpaired) electrons. The lowest BCUT2D eigenvalue weighted by Crippen LogP contribution is -2.15. The molecule has 3 aromatic rings. The molecule has 2 aromatic carbocycles. The Kier molecular flexibility index (Phi) is 7.88. The minimum atomic E-state index is -0.113. The van der Waals surface area contributed by atoms with E-state index in [1.165, 1.54) is 17.3 Å². The molecule has 0 unspecified atom stereocenters. The first-order valence-corrected chi connectivity index (χ1v) is 11.4. The van der Waals surface area contributed by atoms with E-state index in [-0.39, 0.29) is 11.7 Å². The van der Waals surface area contributed by atoms with Gasteiger partial charge in [0.2, 0.25) is 5.91 Å². The van der Waals surface area contributed by atoms with Crippen molar-refractivity contribution in [2.45, 2.75) is 25.3 Å². The van der Waals surface area contributed by atoms with Gasteiger partial charge in [-0.05, 0) is 46.6 Å². The maximum atomic E-state index is 12.2. The van der Waals surface area contributed by atoms with Gasteiger partial charge in [0.15, 0.2) is 11.0 Å². The molecule has 0 saturated heterocycles. The summed E-state index contributed by atoms with van der Waals surface area (Å²) in [6.45, 7) is 2.93. The number of aryl methyl sites for hydroxylation is 1. The third kappa shape index (κ3) is 6.40. The summed E-state index contributed by atoms with van der Waals surface area (Å²) in [5.41, 5.74) is 3.06. The lowest BCUT2D eigenvalue weighted by molar-refractivity contribution is -0.113. The summed E-state index contributed by atoms with van der Waals surface area (Å²) in [7, 11) is 1.87. The molecule has 3 rings (SSSR count). The van der Waals surface area contributed by atoms with Crippen LogP contribution in [0.5, 0.6) is 0 Å². The molecular weight excluding hydrogens is 520 g/mol. The average molecular weight is 540 g/mol. The third-order valence-electron chi connectivity index (χ3n) is 4.08.